The molecule has 1 heterocycles. The van der Waals surface area contributed by atoms with Crippen molar-refractivity contribution in [2.45, 2.75) is 39.5 Å². The summed E-state index contributed by atoms with van der Waals surface area (Å²) in [4.78, 5) is 8.79. The molecule has 1 unspecified atom stereocenters. The summed E-state index contributed by atoms with van der Waals surface area (Å²) in [6, 6.07) is 8.74. The average molecular weight is 345 g/mol. The predicted molar refractivity (Wildman–Crippen MR) is 104 cm³/mol. The number of nitrogens with zero attached hydrogens (tertiary/aromatic N) is 2. The first-order chi connectivity index (χ1) is 11.6. The number of guanidine groups is 1. The van der Waals surface area contributed by atoms with Crippen LogP contribution in [0.1, 0.15) is 41.1 Å². The molecular weight excluding hydrogens is 316 g/mol. The molecule has 2 aromatic rings. The molecule has 0 saturated carbocycles. The summed E-state index contributed by atoms with van der Waals surface area (Å²) in [5, 5.41) is 10.1. The minimum atomic E-state index is 0.447. The molecule has 1 aromatic heterocycles. The Morgan fingerprint density at radius 3 is 2.58 bits per heavy atom. The minimum Gasteiger partial charge on any atom is -0.356 e. The SMILES string of the molecule is CN=C(NCCCc1nc(C)cs1)NCC(C)c1ccc(C)cc1. The number of hydrogen-bond donors (Lipinski definition) is 2. The molecule has 0 spiro atoms. The number of aliphatic imine (C=N–C) groups is 1. The smallest absolute Gasteiger partial charge is 0.190 e. The van der Waals surface area contributed by atoms with E-state index in [1.807, 2.05) is 14.0 Å². The molecule has 0 aliphatic heterocycles. The molecule has 1 atom stereocenters. The quantitative estimate of drug-likeness (QED) is 0.458. The Morgan fingerprint density at radius 2 is 1.96 bits per heavy atom. The van der Waals surface area contributed by atoms with Crippen LogP contribution in [0.4, 0.5) is 0 Å². The third-order valence-corrected chi connectivity index (χ3v) is 5.00. The summed E-state index contributed by atoms with van der Waals surface area (Å²) >= 11 is 1.74. The van der Waals surface area contributed by atoms with Gasteiger partial charge in [0.2, 0.25) is 0 Å². The number of aryl methyl sites for hydroxylation is 3. The molecule has 0 aliphatic rings. The lowest BCUT2D eigenvalue weighted by Gasteiger charge is -2.16. The largest absolute Gasteiger partial charge is 0.356 e. The predicted octanol–water partition coefficient (Wildman–Crippen LogP) is 3.66. The fourth-order valence-corrected chi connectivity index (χ4v) is 3.27. The molecule has 0 bridgehead atoms. The van der Waals surface area contributed by atoms with E-state index in [1.165, 1.54) is 16.1 Å². The van der Waals surface area contributed by atoms with Gasteiger partial charge in [0.15, 0.2) is 5.96 Å². The Bertz CT molecular complexity index is 646. The van der Waals surface area contributed by atoms with Crippen LogP contribution in [0.25, 0.3) is 0 Å². The van der Waals surface area contributed by atoms with E-state index >= 15 is 0 Å². The highest BCUT2D eigenvalue weighted by molar-refractivity contribution is 7.09. The lowest BCUT2D eigenvalue weighted by atomic mass is 10.0. The van der Waals surface area contributed by atoms with E-state index in [-0.39, 0.29) is 0 Å². The second kappa shape index (κ2) is 9.42. The molecule has 0 saturated heterocycles. The summed E-state index contributed by atoms with van der Waals surface area (Å²) in [5.74, 6) is 1.31. The van der Waals surface area contributed by atoms with Gasteiger partial charge in [-0.25, -0.2) is 4.98 Å². The molecule has 24 heavy (non-hydrogen) atoms. The molecule has 0 fully saturated rings. The molecule has 0 radical (unpaired) electrons. The van der Waals surface area contributed by atoms with Crippen LogP contribution in [0.3, 0.4) is 0 Å². The van der Waals surface area contributed by atoms with Gasteiger partial charge in [0.25, 0.3) is 0 Å². The summed E-state index contributed by atoms with van der Waals surface area (Å²) in [6.07, 6.45) is 2.07. The zero-order valence-electron chi connectivity index (χ0n) is 15.1. The fourth-order valence-electron chi connectivity index (χ4n) is 2.45. The third-order valence-electron chi connectivity index (χ3n) is 3.97. The Hall–Kier alpha value is -1.88. The molecule has 2 rings (SSSR count). The van der Waals surface area contributed by atoms with Crippen molar-refractivity contribution >= 4 is 17.3 Å². The maximum absolute atomic E-state index is 4.49. The van der Waals surface area contributed by atoms with Crippen LogP contribution in [0.5, 0.6) is 0 Å². The van der Waals surface area contributed by atoms with Gasteiger partial charge < -0.3 is 10.6 Å². The highest BCUT2D eigenvalue weighted by atomic mass is 32.1. The highest BCUT2D eigenvalue weighted by Gasteiger charge is 2.06. The van der Waals surface area contributed by atoms with Crippen molar-refractivity contribution in [2.24, 2.45) is 4.99 Å². The minimum absolute atomic E-state index is 0.447. The molecule has 4 nitrogen and oxygen atoms in total. The van der Waals surface area contributed by atoms with Crippen molar-refractivity contribution in [3.05, 3.63) is 51.5 Å². The first-order valence-corrected chi connectivity index (χ1v) is 9.38. The second-order valence-electron chi connectivity index (χ2n) is 6.18. The standard InChI is InChI=1S/C19H28N4S/c1-14-7-9-17(10-8-14)15(2)12-22-19(20-4)21-11-5-6-18-23-16(3)13-24-18/h7-10,13,15H,5-6,11-12H2,1-4H3,(H2,20,21,22). The Kier molecular flexibility index (Phi) is 7.25. The summed E-state index contributed by atoms with van der Waals surface area (Å²) in [5.41, 5.74) is 3.76. The lowest BCUT2D eigenvalue weighted by Crippen LogP contribution is -2.39. The van der Waals surface area contributed by atoms with Crippen molar-refractivity contribution in [1.82, 2.24) is 15.6 Å². The third kappa shape index (κ3) is 5.96. The van der Waals surface area contributed by atoms with E-state index in [9.17, 15) is 0 Å². The van der Waals surface area contributed by atoms with E-state index in [1.54, 1.807) is 11.3 Å². The lowest BCUT2D eigenvalue weighted by molar-refractivity contribution is 0.687. The number of benzene rings is 1. The van der Waals surface area contributed by atoms with E-state index in [0.717, 1.165) is 37.6 Å². The van der Waals surface area contributed by atoms with Gasteiger partial charge in [0.05, 0.1) is 5.01 Å². The van der Waals surface area contributed by atoms with Gasteiger partial charge in [-0.2, -0.15) is 0 Å². The van der Waals surface area contributed by atoms with Crippen LogP contribution >= 0.6 is 11.3 Å². The van der Waals surface area contributed by atoms with Crippen molar-refractivity contribution < 1.29 is 0 Å². The second-order valence-corrected chi connectivity index (χ2v) is 7.12. The Balaban J connectivity index is 1.69. The molecule has 130 valence electrons. The van der Waals surface area contributed by atoms with E-state index in [0.29, 0.717) is 5.92 Å². The van der Waals surface area contributed by atoms with Crippen LogP contribution in [0.15, 0.2) is 34.6 Å². The average Bonchev–Trinajstić information content (AvgIpc) is 3.00. The van der Waals surface area contributed by atoms with Gasteiger partial charge in [0, 0.05) is 37.6 Å². The number of thiazole rings is 1. The van der Waals surface area contributed by atoms with Crippen LogP contribution in [0, 0.1) is 13.8 Å². The number of hydrogen-bond acceptors (Lipinski definition) is 3. The zero-order chi connectivity index (χ0) is 17.4. The summed E-state index contributed by atoms with van der Waals surface area (Å²) in [7, 11) is 1.82. The van der Waals surface area contributed by atoms with Gasteiger partial charge >= 0.3 is 0 Å². The van der Waals surface area contributed by atoms with Crippen LogP contribution in [-0.2, 0) is 6.42 Å². The first-order valence-electron chi connectivity index (χ1n) is 8.50. The molecule has 0 amide bonds. The molecule has 0 aliphatic carbocycles. The maximum atomic E-state index is 4.49. The number of nitrogens with one attached hydrogen (secondary N) is 2. The van der Waals surface area contributed by atoms with Crippen LogP contribution in [-0.4, -0.2) is 31.1 Å². The Morgan fingerprint density at radius 1 is 1.21 bits per heavy atom. The van der Waals surface area contributed by atoms with E-state index in [2.05, 4.69) is 64.1 Å². The molecule has 2 N–H and O–H groups in total. The number of rotatable bonds is 7. The topological polar surface area (TPSA) is 49.3 Å². The van der Waals surface area contributed by atoms with Crippen molar-refractivity contribution in [1.29, 1.82) is 0 Å². The van der Waals surface area contributed by atoms with Gasteiger partial charge in [-0.3, -0.25) is 4.99 Å². The van der Waals surface area contributed by atoms with Crippen molar-refractivity contribution in [3.63, 3.8) is 0 Å². The number of aromatic nitrogens is 1. The zero-order valence-corrected chi connectivity index (χ0v) is 15.9. The van der Waals surface area contributed by atoms with Crippen molar-refractivity contribution in [2.75, 3.05) is 20.1 Å². The molecular formula is C19H28N4S. The summed E-state index contributed by atoms with van der Waals surface area (Å²) < 4.78 is 0. The molecule has 1 aromatic carbocycles. The van der Waals surface area contributed by atoms with Gasteiger partial charge in [0.1, 0.15) is 0 Å². The Labute approximate surface area is 149 Å². The van der Waals surface area contributed by atoms with Crippen molar-refractivity contribution in [3.8, 4) is 0 Å². The van der Waals surface area contributed by atoms with Gasteiger partial charge in [-0.15, -0.1) is 11.3 Å². The van der Waals surface area contributed by atoms with Gasteiger partial charge in [-0.1, -0.05) is 36.8 Å². The van der Waals surface area contributed by atoms with E-state index < -0.39 is 0 Å². The van der Waals surface area contributed by atoms with Crippen LogP contribution < -0.4 is 10.6 Å². The fraction of sp³-hybridized carbons (Fsp3) is 0.474. The first kappa shape index (κ1) is 18.5. The van der Waals surface area contributed by atoms with Crippen LogP contribution in [0.2, 0.25) is 0 Å². The van der Waals surface area contributed by atoms with E-state index in [4.69, 9.17) is 0 Å². The summed E-state index contributed by atoms with van der Waals surface area (Å²) in [6.45, 7) is 8.16. The molecule has 5 heteroatoms. The maximum Gasteiger partial charge on any atom is 0.190 e. The van der Waals surface area contributed by atoms with Gasteiger partial charge in [-0.05, 0) is 31.7 Å². The monoisotopic (exact) mass is 344 g/mol. The normalized spacial score (nSPS) is 12.9. The highest BCUT2D eigenvalue weighted by Crippen LogP contribution is 2.14.